The number of halogens is 2. The van der Waals surface area contributed by atoms with Gasteiger partial charge in [0.2, 0.25) is 5.88 Å². The smallest absolute Gasteiger partial charge is 0.312 e. The number of unbranched alkanes of at least 4 members (excludes halogenated alkanes) is 4. The maximum atomic E-state index is 11.8. The number of hydrogen-bond acceptors (Lipinski definition) is 2. The predicted octanol–water partition coefficient (Wildman–Crippen LogP) is 5.74. The number of nitrogens with one attached hydrogen (secondary N) is 1. The van der Waals surface area contributed by atoms with Crippen LogP contribution in [0.2, 0.25) is 10.0 Å². The fourth-order valence-electron chi connectivity index (χ4n) is 2.25. The van der Waals surface area contributed by atoms with E-state index in [4.69, 9.17) is 27.9 Å². The standard InChI is InChI=1S/C16H19Cl2NO2/c1-2-3-4-5-6-10-13(20)21-16-15(18)14-11(17)8-7-9-12(14)19-16/h7-9,19H,2-6,10H2,1H3. The summed E-state index contributed by atoms with van der Waals surface area (Å²) in [6.45, 7) is 2.16. The van der Waals surface area contributed by atoms with Crippen LogP contribution in [0.25, 0.3) is 10.9 Å². The van der Waals surface area contributed by atoms with Crippen LogP contribution < -0.4 is 4.74 Å². The Bertz CT molecular complexity index is 622. The minimum absolute atomic E-state index is 0.268. The first-order valence-electron chi connectivity index (χ1n) is 7.30. The lowest BCUT2D eigenvalue weighted by Crippen LogP contribution is -2.07. The summed E-state index contributed by atoms with van der Waals surface area (Å²) in [6, 6.07) is 5.41. The topological polar surface area (TPSA) is 42.1 Å². The molecule has 114 valence electrons. The van der Waals surface area contributed by atoms with Crippen LogP contribution in [0.1, 0.15) is 45.4 Å². The van der Waals surface area contributed by atoms with Crippen LogP contribution in [0.3, 0.4) is 0 Å². The molecule has 3 nitrogen and oxygen atoms in total. The maximum absolute atomic E-state index is 11.8. The molecule has 2 rings (SSSR count). The third kappa shape index (κ3) is 4.14. The number of aromatic nitrogens is 1. The van der Waals surface area contributed by atoms with Gasteiger partial charge >= 0.3 is 5.97 Å². The first-order chi connectivity index (χ1) is 10.1. The number of hydrogen-bond donors (Lipinski definition) is 1. The molecule has 0 saturated carbocycles. The summed E-state index contributed by atoms with van der Waals surface area (Å²) in [5.41, 5.74) is 0.762. The zero-order valence-electron chi connectivity index (χ0n) is 12.0. The molecule has 1 aromatic carbocycles. The second-order valence-electron chi connectivity index (χ2n) is 5.07. The van der Waals surface area contributed by atoms with Crippen molar-refractivity contribution in [3.63, 3.8) is 0 Å². The zero-order valence-corrected chi connectivity index (χ0v) is 13.6. The van der Waals surface area contributed by atoms with Crippen molar-refractivity contribution < 1.29 is 9.53 Å². The summed E-state index contributed by atoms with van der Waals surface area (Å²) in [6.07, 6.45) is 5.86. The Kier molecular flexibility index (Phi) is 5.95. The van der Waals surface area contributed by atoms with E-state index in [9.17, 15) is 4.79 Å². The van der Waals surface area contributed by atoms with Crippen molar-refractivity contribution in [1.29, 1.82) is 0 Å². The van der Waals surface area contributed by atoms with Gasteiger partial charge in [-0.25, -0.2) is 0 Å². The largest absolute Gasteiger partial charge is 0.408 e. The van der Waals surface area contributed by atoms with Crippen molar-refractivity contribution in [3.05, 3.63) is 28.2 Å². The Labute approximate surface area is 134 Å². The molecule has 5 heteroatoms. The van der Waals surface area contributed by atoms with Gasteiger partial charge in [0.25, 0.3) is 0 Å². The summed E-state index contributed by atoms with van der Waals surface area (Å²) < 4.78 is 5.31. The highest BCUT2D eigenvalue weighted by molar-refractivity contribution is 6.43. The second-order valence-corrected chi connectivity index (χ2v) is 5.85. The van der Waals surface area contributed by atoms with Gasteiger partial charge in [-0.15, -0.1) is 0 Å². The van der Waals surface area contributed by atoms with Crippen molar-refractivity contribution in [2.24, 2.45) is 0 Å². The fraction of sp³-hybridized carbons (Fsp3) is 0.438. The number of benzene rings is 1. The maximum Gasteiger partial charge on any atom is 0.312 e. The molecule has 0 aliphatic heterocycles. The van der Waals surface area contributed by atoms with E-state index in [1.54, 1.807) is 6.07 Å². The Morgan fingerprint density at radius 1 is 1.19 bits per heavy atom. The Hall–Kier alpha value is -1.19. The Balaban J connectivity index is 1.95. The first kappa shape index (κ1) is 16.2. The molecule has 0 amide bonds. The van der Waals surface area contributed by atoms with Gasteiger partial charge in [-0.1, -0.05) is 61.9 Å². The highest BCUT2D eigenvalue weighted by Crippen LogP contribution is 2.37. The molecule has 0 atom stereocenters. The minimum Gasteiger partial charge on any atom is -0.408 e. The van der Waals surface area contributed by atoms with Crippen LogP contribution in [-0.2, 0) is 4.79 Å². The summed E-state index contributed by atoms with van der Waals surface area (Å²) in [4.78, 5) is 14.8. The van der Waals surface area contributed by atoms with E-state index >= 15 is 0 Å². The first-order valence-corrected chi connectivity index (χ1v) is 8.05. The molecule has 0 unspecified atom stereocenters. The molecule has 0 spiro atoms. The third-order valence-electron chi connectivity index (χ3n) is 3.38. The number of ether oxygens (including phenoxy) is 1. The van der Waals surface area contributed by atoms with Gasteiger partial charge < -0.3 is 9.72 Å². The lowest BCUT2D eigenvalue weighted by molar-refractivity contribution is -0.134. The van der Waals surface area contributed by atoms with E-state index in [1.807, 2.05) is 12.1 Å². The second kappa shape index (κ2) is 7.71. The van der Waals surface area contributed by atoms with Crippen molar-refractivity contribution in [2.75, 3.05) is 0 Å². The van der Waals surface area contributed by atoms with Gasteiger partial charge in [-0.3, -0.25) is 4.79 Å². The SMILES string of the molecule is CCCCCCCC(=O)Oc1[nH]c2cccc(Cl)c2c1Cl. The van der Waals surface area contributed by atoms with Crippen molar-refractivity contribution >= 4 is 40.1 Å². The Morgan fingerprint density at radius 3 is 2.67 bits per heavy atom. The van der Waals surface area contributed by atoms with E-state index in [2.05, 4.69) is 11.9 Å². The molecule has 1 aromatic heterocycles. The number of H-pyrrole nitrogens is 1. The molecular weight excluding hydrogens is 309 g/mol. The third-order valence-corrected chi connectivity index (χ3v) is 4.06. The van der Waals surface area contributed by atoms with Gasteiger partial charge in [0.15, 0.2) is 0 Å². The van der Waals surface area contributed by atoms with E-state index in [0.717, 1.165) is 24.8 Å². The van der Waals surface area contributed by atoms with Crippen LogP contribution in [0.5, 0.6) is 5.88 Å². The quantitative estimate of drug-likeness (QED) is 0.520. The summed E-state index contributed by atoms with van der Waals surface area (Å²) in [5, 5.41) is 1.58. The average Bonchev–Trinajstić information content (AvgIpc) is 2.76. The molecular formula is C16H19Cl2NO2. The van der Waals surface area contributed by atoms with Crippen LogP contribution in [0.15, 0.2) is 18.2 Å². The summed E-state index contributed by atoms with van der Waals surface area (Å²) in [7, 11) is 0. The van der Waals surface area contributed by atoms with E-state index in [1.165, 1.54) is 12.8 Å². The van der Waals surface area contributed by atoms with Gasteiger partial charge in [0.1, 0.15) is 5.02 Å². The number of aromatic amines is 1. The van der Waals surface area contributed by atoms with Gasteiger partial charge in [0.05, 0.1) is 10.5 Å². The van der Waals surface area contributed by atoms with Crippen LogP contribution in [-0.4, -0.2) is 11.0 Å². The van der Waals surface area contributed by atoms with E-state index in [0.29, 0.717) is 21.9 Å². The summed E-state index contributed by atoms with van der Waals surface area (Å²) >= 11 is 12.3. The van der Waals surface area contributed by atoms with Crippen LogP contribution in [0.4, 0.5) is 0 Å². The number of carbonyl (C=O) groups is 1. The average molecular weight is 328 g/mol. The molecule has 0 aliphatic carbocycles. The lowest BCUT2D eigenvalue weighted by Gasteiger charge is -2.02. The molecule has 1 heterocycles. The highest BCUT2D eigenvalue weighted by Gasteiger charge is 2.16. The van der Waals surface area contributed by atoms with Crippen molar-refractivity contribution in [1.82, 2.24) is 4.98 Å². The predicted molar refractivity (Wildman–Crippen MR) is 87.3 cm³/mol. The zero-order chi connectivity index (χ0) is 15.2. The van der Waals surface area contributed by atoms with Gasteiger partial charge in [-0.2, -0.15) is 0 Å². The van der Waals surface area contributed by atoms with Crippen LogP contribution >= 0.6 is 23.2 Å². The lowest BCUT2D eigenvalue weighted by atomic mass is 10.1. The highest BCUT2D eigenvalue weighted by atomic mass is 35.5. The van der Waals surface area contributed by atoms with Crippen molar-refractivity contribution in [3.8, 4) is 5.88 Å². The number of carbonyl (C=O) groups excluding carboxylic acids is 1. The number of rotatable bonds is 7. The van der Waals surface area contributed by atoms with Gasteiger partial charge in [-0.05, 0) is 18.6 Å². The van der Waals surface area contributed by atoms with E-state index < -0.39 is 0 Å². The Morgan fingerprint density at radius 2 is 1.95 bits per heavy atom. The molecule has 1 N–H and O–H groups in total. The molecule has 21 heavy (non-hydrogen) atoms. The van der Waals surface area contributed by atoms with Crippen molar-refractivity contribution in [2.45, 2.75) is 45.4 Å². The van der Waals surface area contributed by atoms with E-state index in [-0.39, 0.29) is 11.8 Å². The number of esters is 1. The molecule has 0 aliphatic rings. The molecule has 0 bridgehead atoms. The molecule has 0 fully saturated rings. The molecule has 0 saturated heterocycles. The molecule has 2 aromatic rings. The fourth-order valence-corrected chi connectivity index (χ4v) is 2.86. The molecule has 0 radical (unpaired) electrons. The van der Waals surface area contributed by atoms with Gasteiger partial charge in [0, 0.05) is 11.8 Å². The normalized spacial score (nSPS) is 11.0. The summed E-state index contributed by atoms with van der Waals surface area (Å²) in [5.74, 6) is 0.00871. The van der Waals surface area contributed by atoms with Crippen LogP contribution in [0, 0.1) is 0 Å². The minimum atomic E-state index is -0.268. The monoisotopic (exact) mass is 327 g/mol. The number of fused-ring (bicyclic) bond motifs is 1.